The van der Waals surface area contributed by atoms with Crippen molar-refractivity contribution < 1.29 is 18.7 Å². The van der Waals surface area contributed by atoms with E-state index in [9.17, 15) is 9.59 Å². The summed E-state index contributed by atoms with van der Waals surface area (Å²) in [4.78, 5) is 23.3. The Balaban J connectivity index is 2.41. The number of rotatable bonds is 5. The normalized spacial score (nSPS) is 12.2. The lowest BCUT2D eigenvalue weighted by molar-refractivity contribution is -0.151. The predicted molar refractivity (Wildman–Crippen MR) is 83.3 cm³/mol. The summed E-state index contributed by atoms with van der Waals surface area (Å²) < 4.78 is 16.0. The monoisotopic (exact) mass is 304 g/mol. The van der Waals surface area contributed by atoms with Crippen molar-refractivity contribution in [1.29, 1.82) is 0 Å². The van der Waals surface area contributed by atoms with Crippen LogP contribution < -0.4 is 10.4 Å². The largest absolute Gasteiger partial charge is 0.478 e. The van der Waals surface area contributed by atoms with Gasteiger partial charge in [-0.3, -0.25) is 0 Å². The lowest BCUT2D eigenvalue weighted by Crippen LogP contribution is -2.28. The molecule has 1 aromatic heterocycles. The van der Waals surface area contributed by atoms with Crippen molar-refractivity contribution in [2.45, 2.75) is 40.2 Å². The number of fused-ring (bicyclic) bond motifs is 1. The summed E-state index contributed by atoms with van der Waals surface area (Å²) in [7, 11) is 0. The molecular formula is C17H20O5. The van der Waals surface area contributed by atoms with E-state index in [-0.39, 0.29) is 11.6 Å². The highest BCUT2D eigenvalue weighted by Crippen LogP contribution is 2.28. The maximum absolute atomic E-state index is 11.9. The second-order valence-electron chi connectivity index (χ2n) is 5.13. The Bertz CT molecular complexity index is 745. The smallest absolute Gasteiger partial charge is 0.347 e. The third kappa shape index (κ3) is 3.30. The van der Waals surface area contributed by atoms with E-state index in [4.69, 9.17) is 13.9 Å². The quantitative estimate of drug-likeness (QED) is 0.627. The van der Waals surface area contributed by atoms with Crippen molar-refractivity contribution in [2.75, 3.05) is 6.61 Å². The van der Waals surface area contributed by atoms with Crippen LogP contribution in [0.2, 0.25) is 0 Å². The summed E-state index contributed by atoms with van der Waals surface area (Å²) in [6.07, 6.45) is -0.133. The molecule has 5 heteroatoms. The van der Waals surface area contributed by atoms with Gasteiger partial charge >= 0.3 is 11.6 Å². The highest BCUT2D eigenvalue weighted by molar-refractivity contribution is 5.83. The van der Waals surface area contributed by atoms with Gasteiger partial charge in [-0.1, -0.05) is 6.92 Å². The number of aryl methyl sites for hydroxylation is 2. The number of hydrogen-bond donors (Lipinski definition) is 0. The highest BCUT2D eigenvalue weighted by atomic mass is 16.6. The minimum Gasteiger partial charge on any atom is -0.478 e. The van der Waals surface area contributed by atoms with Crippen LogP contribution in [0.4, 0.5) is 0 Å². The molecule has 118 valence electrons. The molecule has 2 aromatic rings. The lowest BCUT2D eigenvalue weighted by Gasteiger charge is -2.18. The maximum atomic E-state index is 11.9. The molecule has 0 fully saturated rings. The van der Waals surface area contributed by atoms with Gasteiger partial charge in [0.05, 0.1) is 6.61 Å². The van der Waals surface area contributed by atoms with Crippen LogP contribution in [-0.2, 0) is 9.53 Å². The fourth-order valence-corrected chi connectivity index (χ4v) is 2.26. The molecule has 0 aliphatic rings. The van der Waals surface area contributed by atoms with E-state index in [2.05, 4.69) is 0 Å². The summed E-state index contributed by atoms with van der Waals surface area (Å²) in [5.41, 5.74) is 1.74. The molecular weight excluding hydrogens is 284 g/mol. The molecule has 22 heavy (non-hydrogen) atoms. The molecule has 1 heterocycles. The van der Waals surface area contributed by atoms with Crippen LogP contribution >= 0.6 is 0 Å². The van der Waals surface area contributed by atoms with Crippen LogP contribution in [0.15, 0.2) is 27.4 Å². The molecule has 1 atom stereocenters. The van der Waals surface area contributed by atoms with E-state index >= 15 is 0 Å². The van der Waals surface area contributed by atoms with Gasteiger partial charge in [-0.2, -0.15) is 0 Å². The van der Waals surface area contributed by atoms with Crippen LogP contribution in [0.1, 0.15) is 31.4 Å². The first-order valence-corrected chi connectivity index (χ1v) is 7.34. The number of carbonyl (C=O) groups excluding carboxylic acids is 1. The van der Waals surface area contributed by atoms with Gasteiger partial charge < -0.3 is 13.9 Å². The van der Waals surface area contributed by atoms with Crippen LogP contribution in [0, 0.1) is 13.8 Å². The van der Waals surface area contributed by atoms with E-state index in [0.717, 1.165) is 16.5 Å². The summed E-state index contributed by atoms with van der Waals surface area (Å²) in [5, 5.41) is 0.791. The molecule has 0 aliphatic carbocycles. The topological polar surface area (TPSA) is 65.7 Å². The molecule has 0 N–H and O–H groups in total. The van der Waals surface area contributed by atoms with Crippen molar-refractivity contribution in [3.8, 4) is 5.75 Å². The molecule has 0 amide bonds. The van der Waals surface area contributed by atoms with E-state index in [1.165, 1.54) is 6.07 Å². The zero-order valence-electron chi connectivity index (χ0n) is 13.3. The second-order valence-corrected chi connectivity index (χ2v) is 5.13. The third-order valence-electron chi connectivity index (χ3n) is 3.44. The SMILES string of the molecule is CCOC(=O)[C@H](CC)Oc1cc2c(C)cc(=O)oc2cc1C. The van der Waals surface area contributed by atoms with Gasteiger partial charge in [-0.05, 0) is 50.5 Å². The standard InChI is InChI=1S/C17H20O5/c1-5-13(17(19)20-6-2)21-14-9-12-10(3)8-16(18)22-15(12)7-11(14)4/h7-9,13H,5-6H2,1-4H3/t13-/m0/s1. The van der Waals surface area contributed by atoms with Crippen LogP contribution in [0.3, 0.4) is 0 Å². The zero-order chi connectivity index (χ0) is 16.3. The molecule has 0 radical (unpaired) electrons. The van der Waals surface area contributed by atoms with E-state index in [0.29, 0.717) is 24.4 Å². The highest BCUT2D eigenvalue weighted by Gasteiger charge is 2.21. The van der Waals surface area contributed by atoms with E-state index in [1.54, 1.807) is 19.1 Å². The van der Waals surface area contributed by atoms with Crippen molar-refractivity contribution in [1.82, 2.24) is 0 Å². The fraction of sp³-hybridized carbons (Fsp3) is 0.412. The number of hydrogen-bond acceptors (Lipinski definition) is 5. The Morgan fingerprint density at radius 3 is 2.55 bits per heavy atom. The van der Waals surface area contributed by atoms with Crippen molar-refractivity contribution in [3.05, 3.63) is 39.7 Å². The average molecular weight is 304 g/mol. The van der Waals surface area contributed by atoms with Crippen molar-refractivity contribution in [2.24, 2.45) is 0 Å². The molecule has 5 nitrogen and oxygen atoms in total. The van der Waals surface area contributed by atoms with Gasteiger partial charge in [-0.25, -0.2) is 9.59 Å². The number of ether oxygens (including phenoxy) is 2. The van der Waals surface area contributed by atoms with E-state index in [1.807, 2.05) is 20.8 Å². The molecule has 0 saturated carbocycles. The fourth-order valence-electron chi connectivity index (χ4n) is 2.26. The van der Waals surface area contributed by atoms with Crippen molar-refractivity contribution >= 4 is 16.9 Å². The second kappa shape index (κ2) is 6.64. The first-order valence-electron chi connectivity index (χ1n) is 7.34. The molecule has 0 aliphatic heterocycles. The predicted octanol–water partition coefficient (Wildman–Crippen LogP) is 3.13. The Labute approximate surface area is 128 Å². The molecule has 2 rings (SSSR count). The lowest BCUT2D eigenvalue weighted by atomic mass is 10.1. The molecule has 0 spiro atoms. The van der Waals surface area contributed by atoms with E-state index < -0.39 is 6.10 Å². The zero-order valence-corrected chi connectivity index (χ0v) is 13.3. The van der Waals surface area contributed by atoms with Gasteiger partial charge in [0.25, 0.3) is 0 Å². The molecule has 1 aromatic carbocycles. The van der Waals surface area contributed by atoms with Crippen LogP contribution in [0.5, 0.6) is 5.75 Å². The third-order valence-corrected chi connectivity index (χ3v) is 3.44. The summed E-state index contributed by atoms with van der Waals surface area (Å²) >= 11 is 0. The average Bonchev–Trinajstić information content (AvgIpc) is 2.45. The Hall–Kier alpha value is -2.30. The van der Waals surface area contributed by atoms with Crippen LogP contribution in [0.25, 0.3) is 11.0 Å². The molecule has 0 bridgehead atoms. The Morgan fingerprint density at radius 1 is 1.18 bits per heavy atom. The first-order chi connectivity index (χ1) is 10.5. The molecule has 0 saturated heterocycles. The Morgan fingerprint density at radius 2 is 1.91 bits per heavy atom. The van der Waals surface area contributed by atoms with Gasteiger partial charge in [0, 0.05) is 11.5 Å². The summed E-state index contributed by atoms with van der Waals surface area (Å²) in [6.45, 7) is 7.62. The number of carbonyl (C=O) groups is 1. The van der Waals surface area contributed by atoms with Crippen LogP contribution in [-0.4, -0.2) is 18.7 Å². The summed E-state index contributed by atoms with van der Waals surface area (Å²) in [6, 6.07) is 4.98. The van der Waals surface area contributed by atoms with Crippen molar-refractivity contribution in [3.63, 3.8) is 0 Å². The van der Waals surface area contributed by atoms with Gasteiger partial charge in [-0.15, -0.1) is 0 Å². The Kier molecular flexibility index (Phi) is 4.85. The number of benzene rings is 1. The first kappa shape index (κ1) is 16.1. The number of esters is 1. The van der Waals surface area contributed by atoms with Gasteiger partial charge in [0.15, 0.2) is 6.10 Å². The minimum absolute atomic E-state index is 0.319. The minimum atomic E-state index is -0.646. The van der Waals surface area contributed by atoms with Gasteiger partial charge in [0.2, 0.25) is 0 Å². The molecule has 0 unspecified atom stereocenters. The summed E-state index contributed by atoms with van der Waals surface area (Å²) in [5.74, 6) is 0.213. The van der Waals surface area contributed by atoms with Gasteiger partial charge in [0.1, 0.15) is 11.3 Å². The maximum Gasteiger partial charge on any atom is 0.347 e.